The Bertz CT molecular complexity index is 310. The predicted molar refractivity (Wildman–Crippen MR) is 49.7 cm³/mol. The molecule has 2 heterocycles. The van der Waals surface area contributed by atoms with Gasteiger partial charge in [-0.3, -0.25) is 4.79 Å². The number of rotatable bonds is 2. The Labute approximate surface area is 81.8 Å². The molecule has 1 aliphatic heterocycles. The molecule has 1 amide bonds. The van der Waals surface area contributed by atoms with Crippen LogP contribution in [-0.4, -0.2) is 45.6 Å². The highest BCUT2D eigenvalue weighted by atomic mass is 16.3. The van der Waals surface area contributed by atoms with Crippen molar-refractivity contribution in [3.63, 3.8) is 0 Å². The van der Waals surface area contributed by atoms with E-state index < -0.39 is 0 Å². The quantitative estimate of drug-likeness (QED) is 0.690. The number of H-pyrrole nitrogens is 1. The lowest BCUT2D eigenvalue weighted by atomic mass is 10.1. The second-order valence-electron chi connectivity index (χ2n) is 3.55. The minimum atomic E-state index is -0.0292. The zero-order valence-electron chi connectivity index (χ0n) is 7.81. The van der Waals surface area contributed by atoms with Gasteiger partial charge in [-0.05, 0) is 6.42 Å². The van der Waals surface area contributed by atoms with Gasteiger partial charge in [0, 0.05) is 25.6 Å². The van der Waals surface area contributed by atoms with Crippen molar-refractivity contribution >= 4 is 5.91 Å². The molecule has 0 spiro atoms. The maximum Gasteiger partial charge on any atom is 0.271 e. The summed E-state index contributed by atoms with van der Waals surface area (Å²) >= 11 is 0. The van der Waals surface area contributed by atoms with E-state index in [1.807, 2.05) is 0 Å². The molecule has 0 saturated carbocycles. The summed E-state index contributed by atoms with van der Waals surface area (Å²) in [7, 11) is 0. The van der Waals surface area contributed by atoms with Crippen LogP contribution in [0.5, 0.6) is 0 Å². The van der Waals surface area contributed by atoms with Crippen LogP contribution in [0.15, 0.2) is 12.5 Å². The van der Waals surface area contributed by atoms with E-state index in [1.165, 1.54) is 12.5 Å². The lowest BCUT2D eigenvalue weighted by Crippen LogP contribution is -2.29. The molecule has 2 N–H and O–H groups in total. The summed E-state index contributed by atoms with van der Waals surface area (Å²) < 4.78 is 0. The summed E-state index contributed by atoms with van der Waals surface area (Å²) in [4.78, 5) is 20.1. The molecule has 0 unspecified atom stereocenters. The molecule has 0 aliphatic carbocycles. The van der Waals surface area contributed by atoms with Gasteiger partial charge in [0.1, 0.15) is 5.69 Å². The number of aliphatic hydroxyl groups is 1. The number of likely N-dealkylation sites (tertiary alicyclic amines) is 1. The number of nitrogens with zero attached hydrogens (tertiary/aromatic N) is 2. The number of hydrogen-bond acceptors (Lipinski definition) is 3. The van der Waals surface area contributed by atoms with Gasteiger partial charge in [-0.25, -0.2) is 4.98 Å². The van der Waals surface area contributed by atoms with Crippen molar-refractivity contribution in [2.24, 2.45) is 5.92 Å². The number of imidazole rings is 1. The average molecular weight is 195 g/mol. The Kier molecular flexibility index (Phi) is 2.49. The van der Waals surface area contributed by atoms with Crippen LogP contribution in [0.4, 0.5) is 0 Å². The Morgan fingerprint density at radius 1 is 1.79 bits per heavy atom. The molecule has 0 aromatic carbocycles. The summed E-state index contributed by atoms with van der Waals surface area (Å²) in [5.41, 5.74) is 0.517. The first-order chi connectivity index (χ1) is 6.81. The molecule has 5 nitrogen and oxygen atoms in total. The van der Waals surface area contributed by atoms with Crippen molar-refractivity contribution in [1.82, 2.24) is 14.9 Å². The number of aromatic amines is 1. The standard InChI is InChI=1S/C9H13N3O2/c13-5-7-1-2-12(4-7)9(14)8-3-10-6-11-8/h3,6-7,13H,1-2,4-5H2,(H,10,11)/t7-/m0/s1. The zero-order valence-corrected chi connectivity index (χ0v) is 7.81. The van der Waals surface area contributed by atoms with E-state index in [0.717, 1.165) is 13.0 Å². The molecule has 0 bridgehead atoms. The van der Waals surface area contributed by atoms with E-state index in [9.17, 15) is 4.79 Å². The lowest BCUT2D eigenvalue weighted by Gasteiger charge is -2.14. The number of carbonyl (C=O) groups excluding carboxylic acids is 1. The van der Waals surface area contributed by atoms with E-state index in [0.29, 0.717) is 12.2 Å². The van der Waals surface area contributed by atoms with Crippen molar-refractivity contribution in [3.05, 3.63) is 18.2 Å². The topological polar surface area (TPSA) is 69.2 Å². The summed E-state index contributed by atoms with van der Waals surface area (Å²) in [6.45, 7) is 1.53. The number of nitrogens with one attached hydrogen (secondary N) is 1. The largest absolute Gasteiger partial charge is 0.396 e. The second-order valence-corrected chi connectivity index (χ2v) is 3.55. The van der Waals surface area contributed by atoms with Gasteiger partial charge in [-0.2, -0.15) is 0 Å². The van der Waals surface area contributed by atoms with Gasteiger partial charge in [0.25, 0.3) is 5.91 Å². The molecule has 76 valence electrons. The lowest BCUT2D eigenvalue weighted by molar-refractivity contribution is 0.0776. The fraction of sp³-hybridized carbons (Fsp3) is 0.556. The summed E-state index contributed by atoms with van der Waals surface area (Å²) in [5, 5.41) is 8.94. The molecule has 2 rings (SSSR count). The predicted octanol–water partition coefficient (Wildman–Crippen LogP) is -0.136. The maximum atomic E-state index is 11.7. The first-order valence-electron chi connectivity index (χ1n) is 4.69. The normalized spacial score (nSPS) is 21.5. The van der Waals surface area contributed by atoms with E-state index in [-0.39, 0.29) is 18.4 Å². The van der Waals surface area contributed by atoms with Gasteiger partial charge in [0.2, 0.25) is 0 Å². The third kappa shape index (κ3) is 1.63. The van der Waals surface area contributed by atoms with Crippen LogP contribution in [0.3, 0.4) is 0 Å². The number of amides is 1. The summed E-state index contributed by atoms with van der Waals surface area (Å²) in [6, 6.07) is 0. The van der Waals surface area contributed by atoms with Crippen LogP contribution in [0.1, 0.15) is 16.9 Å². The minimum absolute atomic E-state index is 0.0292. The number of aliphatic hydroxyl groups excluding tert-OH is 1. The Morgan fingerprint density at radius 2 is 2.64 bits per heavy atom. The van der Waals surface area contributed by atoms with Gasteiger partial charge in [0.05, 0.1) is 12.5 Å². The molecule has 14 heavy (non-hydrogen) atoms. The molecular weight excluding hydrogens is 182 g/mol. The summed E-state index contributed by atoms with van der Waals surface area (Å²) in [6.07, 6.45) is 3.90. The van der Waals surface area contributed by atoms with Crippen LogP contribution in [0.25, 0.3) is 0 Å². The Hall–Kier alpha value is -1.36. The highest BCUT2D eigenvalue weighted by Crippen LogP contribution is 2.17. The smallest absolute Gasteiger partial charge is 0.271 e. The van der Waals surface area contributed by atoms with Crippen LogP contribution in [0, 0.1) is 5.92 Å². The first kappa shape index (κ1) is 9.21. The molecule has 1 aromatic heterocycles. The van der Waals surface area contributed by atoms with Gasteiger partial charge < -0.3 is 15.0 Å². The average Bonchev–Trinajstić information content (AvgIpc) is 2.88. The van der Waals surface area contributed by atoms with Crippen molar-refractivity contribution in [1.29, 1.82) is 0 Å². The summed E-state index contributed by atoms with van der Waals surface area (Å²) in [5.74, 6) is 0.209. The van der Waals surface area contributed by atoms with E-state index in [1.54, 1.807) is 4.90 Å². The number of carbonyl (C=O) groups is 1. The van der Waals surface area contributed by atoms with Crippen molar-refractivity contribution in [2.75, 3.05) is 19.7 Å². The third-order valence-electron chi connectivity index (χ3n) is 2.56. The molecule has 1 saturated heterocycles. The third-order valence-corrected chi connectivity index (χ3v) is 2.56. The highest BCUT2D eigenvalue weighted by Gasteiger charge is 2.26. The molecular formula is C9H13N3O2. The molecule has 1 atom stereocenters. The molecule has 5 heteroatoms. The van der Waals surface area contributed by atoms with Crippen molar-refractivity contribution in [3.8, 4) is 0 Å². The SMILES string of the molecule is O=C(c1cnc[nH]1)N1CC[C@H](CO)C1. The number of hydrogen-bond donors (Lipinski definition) is 2. The van der Waals surface area contributed by atoms with E-state index in [2.05, 4.69) is 9.97 Å². The second kappa shape index (κ2) is 3.79. The van der Waals surface area contributed by atoms with Crippen LogP contribution >= 0.6 is 0 Å². The van der Waals surface area contributed by atoms with Crippen LogP contribution < -0.4 is 0 Å². The van der Waals surface area contributed by atoms with E-state index in [4.69, 9.17) is 5.11 Å². The van der Waals surface area contributed by atoms with Gasteiger partial charge in [-0.15, -0.1) is 0 Å². The monoisotopic (exact) mass is 195 g/mol. The highest BCUT2D eigenvalue weighted by molar-refractivity contribution is 5.92. The fourth-order valence-electron chi connectivity index (χ4n) is 1.71. The first-order valence-corrected chi connectivity index (χ1v) is 4.69. The Morgan fingerprint density at radius 3 is 3.21 bits per heavy atom. The van der Waals surface area contributed by atoms with Gasteiger partial charge in [0.15, 0.2) is 0 Å². The van der Waals surface area contributed by atoms with Crippen molar-refractivity contribution in [2.45, 2.75) is 6.42 Å². The van der Waals surface area contributed by atoms with Crippen LogP contribution in [0.2, 0.25) is 0 Å². The van der Waals surface area contributed by atoms with Gasteiger partial charge >= 0.3 is 0 Å². The molecule has 1 aromatic rings. The van der Waals surface area contributed by atoms with Crippen molar-refractivity contribution < 1.29 is 9.90 Å². The van der Waals surface area contributed by atoms with Crippen LogP contribution in [-0.2, 0) is 0 Å². The zero-order chi connectivity index (χ0) is 9.97. The fourth-order valence-corrected chi connectivity index (χ4v) is 1.71. The molecule has 0 radical (unpaired) electrons. The minimum Gasteiger partial charge on any atom is -0.396 e. The number of aromatic nitrogens is 2. The van der Waals surface area contributed by atoms with Gasteiger partial charge in [-0.1, -0.05) is 0 Å². The van der Waals surface area contributed by atoms with E-state index >= 15 is 0 Å². The Balaban J connectivity index is 2.00. The maximum absolute atomic E-state index is 11.7. The molecule has 1 aliphatic rings. The molecule has 1 fully saturated rings.